The fraction of sp³-hybridized carbons (Fsp3) is 0.375. The summed E-state index contributed by atoms with van der Waals surface area (Å²) in [5.74, 6) is 0.841. The molecule has 0 unspecified atom stereocenters. The summed E-state index contributed by atoms with van der Waals surface area (Å²) in [5.41, 5.74) is 2.30. The third kappa shape index (κ3) is 3.70. The van der Waals surface area contributed by atoms with Crippen molar-refractivity contribution >= 4 is 5.82 Å². The average Bonchev–Trinajstić information content (AvgIpc) is 2.41. The van der Waals surface area contributed by atoms with E-state index in [2.05, 4.69) is 55.3 Å². The molecule has 1 aromatic heterocycles. The Hall–Kier alpha value is -2.10. The van der Waals surface area contributed by atoms with Gasteiger partial charge in [0.25, 0.3) is 5.56 Å². The molecule has 1 heterocycles. The van der Waals surface area contributed by atoms with E-state index in [1.807, 2.05) is 0 Å². The maximum atomic E-state index is 12.2. The molecule has 0 aliphatic carbocycles. The summed E-state index contributed by atoms with van der Waals surface area (Å²) in [6.07, 6.45) is 3.40. The van der Waals surface area contributed by atoms with Crippen LogP contribution < -0.4 is 10.9 Å². The molecule has 0 aliphatic heterocycles. The van der Waals surface area contributed by atoms with Gasteiger partial charge in [0.05, 0.1) is 0 Å². The number of rotatable bonds is 5. The van der Waals surface area contributed by atoms with Gasteiger partial charge in [-0.2, -0.15) is 0 Å². The van der Waals surface area contributed by atoms with Gasteiger partial charge in [0.2, 0.25) is 0 Å². The average molecular weight is 271 g/mol. The Kier molecular flexibility index (Phi) is 4.56. The Morgan fingerprint density at radius 3 is 2.60 bits per heavy atom. The first-order valence-electron chi connectivity index (χ1n) is 6.91. The van der Waals surface area contributed by atoms with E-state index in [1.54, 1.807) is 17.0 Å². The predicted octanol–water partition coefficient (Wildman–Crippen LogP) is 2.82. The normalized spacial score (nSPS) is 10.8. The fourth-order valence-electron chi connectivity index (χ4n) is 2.00. The quantitative estimate of drug-likeness (QED) is 0.909. The second kappa shape index (κ2) is 6.37. The van der Waals surface area contributed by atoms with Crippen molar-refractivity contribution in [2.24, 2.45) is 5.92 Å². The molecule has 4 heteroatoms. The lowest BCUT2D eigenvalue weighted by Gasteiger charge is -2.11. The molecule has 1 N–H and O–H groups in total. The summed E-state index contributed by atoms with van der Waals surface area (Å²) in [6.45, 7) is 7.55. The number of aromatic nitrogens is 2. The number of aryl methyl sites for hydroxylation is 1. The zero-order valence-corrected chi connectivity index (χ0v) is 12.3. The molecule has 0 fully saturated rings. The topological polar surface area (TPSA) is 46.9 Å². The SMILES string of the molecule is Cc1ccc(CNc2nccn(CC(C)C)c2=O)cc1. The summed E-state index contributed by atoms with van der Waals surface area (Å²) in [7, 11) is 0. The summed E-state index contributed by atoms with van der Waals surface area (Å²) in [4.78, 5) is 16.4. The maximum Gasteiger partial charge on any atom is 0.293 e. The smallest absolute Gasteiger partial charge is 0.293 e. The highest BCUT2D eigenvalue weighted by molar-refractivity contribution is 5.33. The Balaban J connectivity index is 2.10. The molecule has 20 heavy (non-hydrogen) atoms. The van der Waals surface area contributed by atoms with Crippen LogP contribution in [-0.4, -0.2) is 9.55 Å². The molecule has 1 aromatic carbocycles. The van der Waals surface area contributed by atoms with E-state index in [1.165, 1.54) is 5.56 Å². The largest absolute Gasteiger partial charge is 0.361 e. The summed E-state index contributed by atoms with van der Waals surface area (Å²) in [6, 6.07) is 8.23. The monoisotopic (exact) mass is 271 g/mol. The van der Waals surface area contributed by atoms with Gasteiger partial charge in [-0.25, -0.2) is 4.98 Å². The van der Waals surface area contributed by atoms with Crippen molar-refractivity contribution < 1.29 is 0 Å². The van der Waals surface area contributed by atoms with Gasteiger partial charge in [0, 0.05) is 25.5 Å². The summed E-state index contributed by atoms with van der Waals surface area (Å²) >= 11 is 0. The van der Waals surface area contributed by atoms with Gasteiger partial charge >= 0.3 is 0 Å². The Labute approximate surface area is 119 Å². The zero-order chi connectivity index (χ0) is 14.5. The van der Waals surface area contributed by atoms with Crippen molar-refractivity contribution in [1.82, 2.24) is 9.55 Å². The third-order valence-corrected chi connectivity index (χ3v) is 3.06. The first kappa shape index (κ1) is 14.3. The fourth-order valence-corrected chi connectivity index (χ4v) is 2.00. The van der Waals surface area contributed by atoms with Gasteiger partial charge in [-0.05, 0) is 18.4 Å². The molecule has 0 bridgehead atoms. The molecular formula is C16H21N3O. The first-order chi connectivity index (χ1) is 9.56. The maximum absolute atomic E-state index is 12.2. The molecule has 4 nitrogen and oxygen atoms in total. The van der Waals surface area contributed by atoms with Crippen LogP contribution >= 0.6 is 0 Å². The Bertz CT molecular complexity index is 614. The number of nitrogens with zero attached hydrogens (tertiary/aromatic N) is 2. The molecule has 106 valence electrons. The van der Waals surface area contributed by atoms with E-state index >= 15 is 0 Å². The van der Waals surface area contributed by atoms with Crippen LogP contribution in [0.4, 0.5) is 5.82 Å². The van der Waals surface area contributed by atoms with Crippen LogP contribution in [0.15, 0.2) is 41.5 Å². The van der Waals surface area contributed by atoms with Crippen LogP contribution in [-0.2, 0) is 13.1 Å². The highest BCUT2D eigenvalue weighted by Gasteiger charge is 2.05. The van der Waals surface area contributed by atoms with Crippen molar-refractivity contribution in [2.75, 3.05) is 5.32 Å². The molecule has 0 saturated heterocycles. The van der Waals surface area contributed by atoms with E-state index in [9.17, 15) is 4.79 Å². The van der Waals surface area contributed by atoms with Crippen molar-refractivity contribution in [1.29, 1.82) is 0 Å². The molecule has 0 spiro atoms. The van der Waals surface area contributed by atoms with E-state index in [0.717, 1.165) is 5.56 Å². The molecule has 0 saturated carbocycles. The second-order valence-corrected chi connectivity index (χ2v) is 5.47. The second-order valence-electron chi connectivity index (χ2n) is 5.47. The third-order valence-electron chi connectivity index (χ3n) is 3.06. The molecule has 2 aromatic rings. The van der Waals surface area contributed by atoms with Crippen LogP contribution in [0.3, 0.4) is 0 Å². The van der Waals surface area contributed by atoms with Crippen molar-refractivity contribution in [2.45, 2.75) is 33.9 Å². The first-order valence-corrected chi connectivity index (χ1v) is 6.91. The lowest BCUT2D eigenvalue weighted by Crippen LogP contribution is -2.25. The zero-order valence-electron chi connectivity index (χ0n) is 12.3. The molecule has 0 radical (unpaired) electrons. The molecule has 0 atom stereocenters. The highest BCUT2D eigenvalue weighted by Crippen LogP contribution is 2.05. The van der Waals surface area contributed by atoms with Crippen LogP contribution in [0, 0.1) is 12.8 Å². The summed E-state index contributed by atoms with van der Waals surface area (Å²) < 4.78 is 1.70. The molecule has 0 aliphatic rings. The van der Waals surface area contributed by atoms with Gasteiger partial charge in [-0.15, -0.1) is 0 Å². The lowest BCUT2D eigenvalue weighted by atomic mass is 10.1. The van der Waals surface area contributed by atoms with Gasteiger partial charge in [-0.3, -0.25) is 4.79 Å². The standard InChI is InChI=1S/C16H21N3O/c1-12(2)11-19-9-8-17-15(16(19)20)18-10-14-6-4-13(3)5-7-14/h4-9,12H,10-11H2,1-3H3,(H,17,18). The predicted molar refractivity (Wildman–Crippen MR) is 81.8 cm³/mol. The summed E-state index contributed by atoms with van der Waals surface area (Å²) in [5, 5.41) is 3.12. The number of hydrogen-bond acceptors (Lipinski definition) is 3. The van der Waals surface area contributed by atoms with Gasteiger partial charge in [-0.1, -0.05) is 43.7 Å². The van der Waals surface area contributed by atoms with Crippen molar-refractivity contribution in [3.05, 3.63) is 58.1 Å². The molecular weight excluding hydrogens is 250 g/mol. The van der Waals surface area contributed by atoms with Crippen LogP contribution in [0.2, 0.25) is 0 Å². The van der Waals surface area contributed by atoms with Gasteiger partial charge in [0.1, 0.15) is 0 Å². The van der Waals surface area contributed by atoms with Crippen LogP contribution in [0.25, 0.3) is 0 Å². The molecule has 0 amide bonds. The van der Waals surface area contributed by atoms with Gasteiger partial charge in [0.15, 0.2) is 5.82 Å². The highest BCUT2D eigenvalue weighted by atomic mass is 16.1. The Morgan fingerprint density at radius 1 is 1.25 bits per heavy atom. The number of anilines is 1. The van der Waals surface area contributed by atoms with E-state index < -0.39 is 0 Å². The van der Waals surface area contributed by atoms with Crippen molar-refractivity contribution in [3.63, 3.8) is 0 Å². The van der Waals surface area contributed by atoms with Crippen molar-refractivity contribution in [3.8, 4) is 0 Å². The lowest BCUT2D eigenvalue weighted by molar-refractivity contribution is 0.509. The number of nitrogens with one attached hydrogen (secondary N) is 1. The van der Waals surface area contributed by atoms with E-state index in [0.29, 0.717) is 24.8 Å². The minimum absolute atomic E-state index is 0.0617. The number of hydrogen-bond donors (Lipinski definition) is 1. The minimum atomic E-state index is -0.0617. The van der Waals surface area contributed by atoms with Crippen LogP contribution in [0.1, 0.15) is 25.0 Å². The van der Waals surface area contributed by atoms with Gasteiger partial charge < -0.3 is 9.88 Å². The van der Waals surface area contributed by atoms with E-state index in [4.69, 9.17) is 0 Å². The number of benzene rings is 1. The minimum Gasteiger partial charge on any atom is -0.361 e. The Morgan fingerprint density at radius 2 is 1.95 bits per heavy atom. The van der Waals surface area contributed by atoms with E-state index in [-0.39, 0.29) is 5.56 Å². The molecule has 2 rings (SSSR count). The van der Waals surface area contributed by atoms with Crippen LogP contribution in [0.5, 0.6) is 0 Å².